The lowest BCUT2D eigenvalue weighted by atomic mass is 10.2. The second-order valence-corrected chi connectivity index (χ2v) is 5.35. The van der Waals surface area contributed by atoms with E-state index in [-0.39, 0.29) is 23.7 Å². The number of fused-ring (bicyclic) bond motifs is 1. The first-order chi connectivity index (χ1) is 12.1. The summed E-state index contributed by atoms with van der Waals surface area (Å²) in [4.78, 5) is 41.2. The van der Waals surface area contributed by atoms with Crippen LogP contribution in [-0.4, -0.2) is 28.8 Å². The number of hydrogen-bond donors (Lipinski definition) is 0. The molecule has 0 bridgehead atoms. The van der Waals surface area contributed by atoms with Gasteiger partial charge in [-0.05, 0) is 18.2 Å². The smallest absolute Gasteiger partial charge is 0.431 e. The highest BCUT2D eigenvalue weighted by molar-refractivity contribution is 5.96. The van der Waals surface area contributed by atoms with E-state index in [0.29, 0.717) is 15.2 Å². The minimum atomic E-state index is -4.85. The Morgan fingerprint density at radius 2 is 1.85 bits per heavy atom. The molecule has 0 N–H and O–H groups in total. The quantitative estimate of drug-likeness (QED) is 0.782. The number of carbonyl (C=O) groups is 1. The summed E-state index contributed by atoms with van der Waals surface area (Å²) < 4.78 is 44.9. The van der Waals surface area contributed by atoms with Crippen LogP contribution in [0.3, 0.4) is 0 Å². The number of carbonyl (C=O) groups excluding carboxylic acids is 1. The number of ether oxygens (including phenoxy) is 1. The molecule has 0 saturated heterocycles. The summed E-state index contributed by atoms with van der Waals surface area (Å²) in [6, 6.07) is 4.27. The summed E-state index contributed by atoms with van der Waals surface area (Å²) >= 11 is 0. The fourth-order valence-corrected chi connectivity index (χ4v) is 2.59. The van der Waals surface area contributed by atoms with Crippen molar-refractivity contribution in [1.29, 1.82) is 0 Å². The summed E-state index contributed by atoms with van der Waals surface area (Å²) in [6.07, 6.45) is -4.85. The summed E-state index contributed by atoms with van der Waals surface area (Å²) in [5, 5.41) is 0.905. The fourth-order valence-electron chi connectivity index (χ4n) is 2.59. The number of hydrogen-bond acceptors (Lipinski definition) is 5. The SMILES string of the molecule is CON1C(=O)COc2ccc(-n3c(=O)cc(C(F)(F)F)n(C)c3=O)cc21. The largest absolute Gasteiger partial charge is 0.481 e. The maximum absolute atomic E-state index is 12.9. The van der Waals surface area contributed by atoms with E-state index in [2.05, 4.69) is 0 Å². The van der Waals surface area contributed by atoms with E-state index in [1.165, 1.54) is 25.3 Å². The Balaban J connectivity index is 2.22. The van der Waals surface area contributed by atoms with Crippen LogP contribution in [0, 0.1) is 0 Å². The van der Waals surface area contributed by atoms with Crippen LogP contribution in [0.15, 0.2) is 33.9 Å². The average molecular weight is 371 g/mol. The molecular weight excluding hydrogens is 359 g/mol. The maximum atomic E-state index is 12.9. The molecule has 1 amide bonds. The lowest BCUT2D eigenvalue weighted by Crippen LogP contribution is -2.41. The van der Waals surface area contributed by atoms with Gasteiger partial charge in [-0.1, -0.05) is 0 Å². The third-order valence-corrected chi connectivity index (χ3v) is 3.79. The summed E-state index contributed by atoms with van der Waals surface area (Å²) in [6.45, 7) is -0.262. The average Bonchev–Trinajstić information content (AvgIpc) is 2.57. The maximum Gasteiger partial charge on any atom is 0.431 e. The topological polar surface area (TPSA) is 82.8 Å². The van der Waals surface area contributed by atoms with E-state index in [0.717, 1.165) is 12.1 Å². The molecular formula is C15H12F3N3O5. The van der Waals surface area contributed by atoms with E-state index in [4.69, 9.17) is 9.57 Å². The van der Waals surface area contributed by atoms with Crippen molar-refractivity contribution >= 4 is 11.6 Å². The Hall–Kier alpha value is -3.08. The number of anilines is 1. The molecule has 0 unspecified atom stereocenters. The molecule has 2 aromatic rings. The first-order valence-electron chi connectivity index (χ1n) is 7.19. The lowest BCUT2D eigenvalue weighted by molar-refractivity contribution is -0.144. The highest BCUT2D eigenvalue weighted by atomic mass is 19.4. The van der Waals surface area contributed by atoms with E-state index >= 15 is 0 Å². The third-order valence-electron chi connectivity index (χ3n) is 3.79. The van der Waals surface area contributed by atoms with Crippen molar-refractivity contribution in [3.05, 3.63) is 50.8 Å². The van der Waals surface area contributed by atoms with Crippen molar-refractivity contribution in [3.8, 4) is 11.4 Å². The Morgan fingerprint density at radius 1 is 1.15 bits per heavy atom. The second-order valence-electron chi connectivity index (χ2n) is 5.35. The molecule has 0 aliphatic carbocycles. The monoisotopic (exact) mass is 371 g/mol. The third kappa shape index (κ3) is 2.75. The van der Waals surface area contributed by atoms with Crippen molar-refractivity contribution < 1.29 is 27.5 Å². The van der Waals surface area contributed by atoms with Gasteiger partial charge < -0.3 is 4.74 Å². The number of halogens is 3. The molecule has 3 rings (SSSR count). The van der Waals surface area contributed by atoms with Crippen molar-refractivity contribution in [2.75, 3.05) is 18.8 Å². The van der Waals surface area contributed by atoms with Gasteiger partial charge in [0.2, 0.25) is 0 Å². The fraction of sp³-hybridized carbons (Fsp3) is 0.267. The molecule has 11 heteroatoms. The normalized spacial score (nSPS) is 14.2. The number of amides is 1. The highest BCUT2D eigenvalue weighted by Gasteiger charge is 2.35. The minimum Gasteiger partial charge on any atom is -0.481 e. The van der Waals surface area contributed by atoms with Crippen LogP contribution >= 0.6 is 0 Å². The van der Waals surface area contributed by atoms with Gasteiger partial charge in [0, 0.05) is 13.1 Å². The van der Waals surface area contributed by atoms with E-state index < -0.39 is 29.0 Å². The van der Waals surface area contributed by atoms with Gasteiger partial charge in [0.25, 0.3) is 11.5 Å². The Kier molecular flexibility index (Phi) is 4.11. The second kappa shape index (κ2) is 6.02. The van der Waals surface area contributed by atoms with Crippen LogP contribution < -0.4 is 21.0 Å². The van der Waals surface area contributed by atoms with Crippen LogP contribution in [0.2, 0.25) is 0 Å². The van der Waals surface area contributed by atoms with Gasteiger partial charge in [0.05, 0.1) is 12.8 Å². The Labute approximate surface area is 143 Å². The van der Waals surface area contributed by atoms with Crippen LogP contribution in [0.4, 0.5) is 18.9 Å². The first-order valence-corrected chi connectivity index (χ1v) is 7.19. The summed E-state index contributed by atoms with van der Waals surface area (Å²) in [5.41, 5.74) is -3.62. The number of hydroxylamine groups is 1. The lowest BCUT2D eigenvalue weighted by Gasteiger charge is -2.27. The number of benzene rings is 1. The van der Waals surface area contributed by atoms with Crippen LogP contribution in [0.5, 0.6) is 5.75 Å². The predicted molar refractivity (Wildman–Crippen MR) is 82.3 cm³/mol. The first kappa shape index (κ1) is 17.7. The number of rotatable bonds is 2. The molecule has 1 aromatic heterocycles. The molecule has 0 spiro atoms. The van der Waals surface area contributed by atoms with Crippen LogP contribution in [0.25, 0.3) is 5.69 Å². The van der Waals surface area contributed by atoms with Gasteiger partial charge in [-0.25, -0.2) is 9.36 Å². The number of nitrogens with zero attached hydrogens (tertiary/aromatic N) is 3. The predicted octanol–water partition coefficient (Wildman–Crippen LogP) is 0.842. The summed E-state index contributed by atoms with van der Waals surface area (Å²) in [7, 11) is 2.15. The molecule has 0 saturated carbocycles. The van der Waals surface area contributed by atoms with Crippen molar-refractivity contribution in [3.63, 3.8) is 0 Å². The molecule has 138 valence electrons. The van der Waals surface area contributed by atoms with E-state index in [1.807, 2.05) is 0 Å². The zero-order valence-corrected chi connectivity index (χ0v) is 13.5. The van der Waals surface area contributed by atoms with Crippen molar-refractivity contribution in [1.82, 2.24) is 9.13 Å². The number of aromatic nitrogens is 2. The molecule has 0 fully saturated rings. The molecule has 8 nitrogen and oxygen atoms in total. The van der Waals surface area contributed by atoms with E-state index in [1.54, 1.807) is 0 Å². The molecule has 0 atom stereocenters. The Morgan fingerprint density at radius 3 is 2.46 bits per heavy atom. The number of alkyl halides is 3. The van der Waals surface area contributed by atoms with Gasteiger partial charge in [-0.15, -0.1) is 0 Å². The van der Waals surface area contributed by atoms with Crippen molar-refractivity contribution in [2.24, 2.45) is 7.05 Å². The molecule has 1 aliphatic heterocycles. The standard InChI is InChI=1S/C15H12F3N3O5/c1-19-11(15(16,17)18)6-12(22)20(14(19)24)8-3-4-10-9(5-8)21(25-2)13(23)7-26-10/h3-6H,7H2,1-2H3. The van der Waals surface area contributed by atoms with Gasteiger partial charge >= 0.3 is 11.9 Å². The molecule has 1 aromatic carbocycles. The minimum absolute atomic E-state index is 0.0385. The molecule has 2 heterocycles. The Bertz CT molecular complexity index is 1010. The molecule has 1 aliphatic rings. The summed E-state index contributed by atoms with van der Waals surface area (Å²) in [5.74, 6) is -0.267. The van der Waals surface area contributed by atoms with Gasteiger partial charge in [-0.2, -0.15) is 18.2 Å². The zero-order chi connectivity index (χ0) is 19.2. The van der Waals surface area contributed by atoms with Crippen LogP contribution in [-0.2, 0) is 22.9 Å². The van der Waals surface area contributed by atoms with Crippen LogP contribution in [0.1, 0.15) is 5.69 Å². The van der Waals surface area contributed by atoms with Crippen molar-refractivity contribution in [2.45, 2.75) is 6.18 Å². The molecule has 0 radical (unpaired) electrons. The van der Waals surface area contributed by atoms with Gasteiger partial charge in [-0.3, -0.25) is 19.0 Å². The van der Waals surface area contributed by atoms with Gasteiger partial charge in [0.15, 0.2) is 6.61 Å². The van der Waals surface area contributed by atoms with Gasteiger partial charge in [0.1, 0.15) is 17.1 Å². The molecule has 26 heavy (non-hydrogen) atoms. The van der Waals surface area contributed by atoms with E-state index in [9.17, 15) is 27.6 Å². The zero-order valence-electron chi connectivity index (χ0n) is 13.5. The highest BCUT2D eigenvalue weighted by Crippen LogP contribution is 2.33.